The second-order valence-corrected chi connectivity index (χ2v) is 14.9. The van der Waals surface area contributed by atoms with Crippen molar-refractivity contribution in [3.63, 3.8) is 0 Å². The second kappa shape index (κ2) is 15.6. The Morgan fingerprint density at radius 2 is 2.06 bits per heavy atom. The maximum absolute atomic E-state index is 17.5. The molecule has 2 aliphatic rings. The zero-order chi connectivity index (χ0) is 37.3. The Morgan fingerprint density at radius 1 is 1.27 bits per heavy atom. The van der Waals surface area contributed by atoms with Crippen molar-refractivity contribution < 1.29 is 19.0 Å². The summed E-state index contributed by atoms with van der Waals surface area (Å²) in [4.78, 5) is 26.1. The summed E-state index contributed by atoms with van der Waals surface area (Å²) in [6.07, 6.45) is 5.65. The number of likely N-dealkylation sites (N-methyl/N-ethyl adjacent to an activating group) is 1. The fourth-order valence-corrected chi connectivity index (χ4v) is 7.90. The lowest BCUT2D eigenvalue weighted by molar-refractivity contribution is 0.0739. The number of aromatic nitrogens is 2. The largest absolute Gasteiger partial charge is 0.453 e. The molecule has 0 saturated carbocycles. The van der Waals surface area contributed by atoms with Crippen LogP contribution in [0, 0.1) is 17.1 Å². The first-order chi connectivity index (χ1) is 24.8. The van der Waals surface area contributed by atoms with E-state index in [-0.39, 0.29) is 46.1 Å². The molecule has 2 saturated heterocycles. The van der Waals surface area contributed by atoms with Crippen LogP contribution in [0.2, 0.25) is 10.0 Å². The summed E-state index contributed by atoms with van der Waals surface area (Å²) in [5.41, 5.74) is 2.59. The molecule has 6 rings (SSSR count). The number of nitriles is 1. The number of anilines is 1. The van der Waals surface area contributed by atoms with Crippen molar-refractivity contribution >= 4 is 62.5 Å². The topological polar surface area (TPSA) is 115 Å². The number of methoxy groups -OCH3 is 1. The Labute approximate surface area is 318 Å². The molecule has 2 atom stereocenters. The normalized spacial score (nSPS) is 17.8. The zero-order valence-corrected chi connectivity index (χ0v) is 31.7. The van der Waals surface area contributed by atoms with Gasteiger partial charge in [0.1, 0.15) is 11.1 Å². The highest BCUT2D eigenvalue weighted by Gasteiger charge is 2.33. The van der Waals surface area contributed by atoms with Crippen LogP contribution < -0.4 is 10.2 Å². The molecule has 272 valence electrons. The van der Waals surface area contributed by atoms with Crippen molar-refractivity contribution in [2.45, 2.75) is 63.6 Å². The van der Waals surface area contributed by atoms with Crippen molar-refractivity contribution in [3.8, 4) is 28.5 Å². The molecule has 2 fully saturated rings. The van der Waals surface area contributed by atoms with Crippen LogP contribution in [0.25, 0.3) is 38.3 Å². The van der Waals surface area contributed by atoms with E-state index < -0.39 is 17.5 Å². The number of pyridine rings is 2. The van der Waals surface area contributed by atoms with E-state index in [1.807, 2.05) is 19.2 Å². The molecule has 0 radical (unpaired) electrons. The molecule has 13 heteroatoms. The SMILES string of the molecule is COC(=O)N1CCCC1/C=C(\Cl)c1c(-c2ccc(C(C)(C)O)nc2)nc2c(F)c(-c3cccc(Cl)c3Cl)c(CCC#N)cc2c1N(C)C1CCNC1. The monoisotopic (exact) mass is 764 g/mol. The number of carbonyl (C=O) groups excluding carboxylic acids is 1. The van der Waals surface area contributed by atoms with Gasteiger partial charge in [-0.1, -0.05) is 46.9 Å². The van der Waals surface area contributed by atoms with E-state index in [1.54, 1.807) is 55.3 Å². The molecular formula is C39H40Cl3FN6O3. The smallest absolute Gasteiger partial charge is 0.409 e. The highest BCUT2D eigenvalue weighted by Crippen LogP contribution is 2.47. The number of nitrogens with zero attached hydrogens (tertiary/aromatic N) is 5. The van der Waals surface area contributed by atoms with Crippen LogP contribution in [-0.2, 0) is 16.8 Å². The molecule has 4 aromatic rings. The van der Waals surface area contributed by atoms with E-state index in [1.165, 1.54) is 7.11 Å². The number of fused-ring (bicyclic) bond motifs is 1. The number of amides is 1. The summed E-state index contributed by atoms with van der Waals surface area (Å²) < 4.78 is 22.6. The van der Waals surface area contributed by atoms with Crippen molar-refractivity contribution in [1.29, 1.82) is 5.26 Å². The molecule has 2 unspecified atom stereocenters. The van der Waals surface area contributed by atoms with Gasteiger partial charge in [-0.05, 0) is 82.0 Å². The van der Waals surface area contributed by atoms with Gasteiger partial charge in [-0.2, -0.15) is 5.26 Å². The summed E-state index contributed by atoms with van der Waals surface area (Å²) in [5.74, 6) is -0.615. The number of hydrogen-bond donors (Lipinski definition) is 2. The number of hydrogen-bond acceptors (Lipinski definition) is 8. The number of halogens is 4. The molecule has 2 N–H and O–H groups in total. The number of aryl methyl sites for hydroxylation is 1. The minimum absolute atomic E-state index is 0.0306. The van der Waals surface area contributed by atoms with Crippen LogP contribution in [0.1, 0.15) is 56.4 Å². The number of aliphatic hydroxyl groups is 1. The Morgan fingerprint density at radius 3 is 2.71 bits per heavy atom. The van der Waals surface area contributed by atoms with Gasteiger partial charge >= 0.3 is 6.09 Å². The van der Waals surface area contributed by atoms with Crippen LogP contribution in [-0.4, -0.2) is 71.9 Å². The highest BCUT2D eigenvalue weighted by molar-refractivity contribution is 6.50. The molecule has 52 heavy (non-hydrogen) atoms. The molecule has 0 bridgehead atoms. The minimum atomic E-state index is -1.20. The molecule has 0 spiro atoms. The summed E-state index contributed by atoms with van der Waals surface area (Å²) >= 11 is 20.6. The highest BCUT2D eigenvalue weighted by atomic mass is 35.5. The summed E-state index contributed by atoms with van der Waals surface area (Å²) in [6.45, 7) is 5.31. The quantitative estimate of drug-likeness (QED) is 0.174. The zero-order valence-electron chi connectivity index (χ0n) is 29.4. The number of benzene rings is 2. The third-order valence-electron chi connectivity index (χ3n) is 9.89. The van der Waals surface area contributed by atoms with Crippen LogP contribution in [0.15, 0.2) is 48.7 Å². The first-order valence-corrected chi connectivity index (χ1v) is 18.3. The van der Waals surface area contributed by atoms with E-state index in [0.717, 1.165) is 19.4 Å². The fraction of sp³-hybridized carbons (Fsp3) is 0.385. The standard InChI is InChI=1S/C39H40Cl3FN6O3/c1-39(2,51)30-13-12-23(20-46-30)35-32(29(41)19-24-9-7-17-49(24)38(50)52-4)37(48(3)25-14-16-45-21-25)27-18-22(8-6-15-44)31(34(43)36(27)47-35)26-10-5-11-28(40)33(26)42/h5,10-13,18-20,24-25,45,51H,6-9,14,16-17,21H2,1-4H3/b29-19-. The third-order valence-corrected chi connectivity index (χ3v) is 11.0. The molecule has 2 aromatic carbocycles. The van der Waals surface area contributed by atoms with E-state index in [9.17, 15) is 15.2 Å². The molecule has 2 aromatic heterocycles. The number of ether oxygens (including phenoxy) is 1. The Kier molecular flexibility index (Phi) is 11.3. The average Bonchev–Trinajstić information content (AvgIpc) is 3.84. The Bertz CT molecular complexity index is 2070. The van der Waals surface area contributed by atoms with Crippen molar-refractivity contribution in [1.82, 2.24) is 20.2 Å². The van der Waals surface area contributed by atoms with Gasteiger partial charge in [0, 0.05) is 66.4 Å². The third kappa shape index (κ3) is 7.30. The second-order valence-electron chi connectivity index (χ2n) is 13.7. The van der Waals surface area contributed by atoms with Crippen LogP contribution >= 0.6 is 34.8 Å². The Balaban J connectivity index is 1.73. The number of carbonyl (C=O) groups is 1. The molecule has 1 amide bonds. The lowest BCUT2D eigenvalue weighted by atomic mass is 9.91. The van der Waals surface area contributed by atoms with Gasteiger partial charge in [0.25, 0.3) is 0 Å². The minimum Gasteiger partial charge on any atom is -0.453 e. The molecular weight excluding hydrogens is 726 g/mol. The molecule has 0 aliphatic carbocycles. The van der Waals surface area contributed by atoms with Gasteiger partial charge in [-0.3, -0.25) is 4.98 Å². The summed E-state index contributed by atoms with van der Waals surface area (Å²) in [6, 6.07) is 12.3. The average molecular weight is 766 g/mol. The van der Waals surface area contributed by atoms with E-state index in [2.05, 4.69) is 21.3 Å². The van der Waals surface area contributed by atoms with Crippen molar-refractivity contribution in [2.24, 2.45) is 0 Å². The van der Waals surface area contributed by atoms with Crippen molar-refractivity contribution in [3.05, 3.63) is 81.4 Å². The van der Waals surface area contributed by atoms with E-state index in [4.69, 9.17) is 44.5 Å². The number of nitrogens with one attached hydrogen (secondary N) is 1. The summed E-state index contributed by atoms with van der Waals surface area (Å²) in [5, 5.41) is 25.0. The van der Waals surface area contributed by atoms with Gasteiger partial charge < -0.3 is 25.0 Å². The van der Waals surface area contributed by atoms with Gasteiger partial charge in [0.2, 0.25) is 0 Å². The van der Waals surface area contributed by atoms with Crippen LogP contribution in [0.5, 0.6) is 0 Å². The van der Waals surface area contributed by atoms with Gasteiger partial charge in [0.15, 0.2) is 5.82 Å². The van der Waals surface area contributed by atoms with Gasteiger partial charge in [-0.25, -0.2) is 14.2 Å². The lowest BCUT2D eigenvalue weighted by Gasteiger charge is -2.31. The predicted octanol–water partition coefficient (Wildman–Crippen LogP) is 8.70. The van der Waals surface area contributed by atoms with E-state index in [0.29, 0.717) is 69.3 Å². The maximum Gasteiger partial charge on any atom is 0.409 e. The number of likely N-dealkylation sites (tertiary alicyclic amines) is 1. The lowest BCUT2D eigenvalue weighted by Crippen LogP contribution is -2.35. The number of rotatable bonds is 9. The predicted molar refractivity (Wildman–Crippen MR) is 205 cm³/mol. The van der Waals surface area contributed by atoms with E-state index >= 15 is 4.39 Å². The van der Waals surface area contributed by atoms with Crippen LogP contribution in [0.4, 0.5) is 14.9 Å². The van der Waals surface area contributed by atoms with Gasteiger partial charge in [-0.15, -0.1) is 0 Å². The molecule has 4 heterocycles. The molecule has 9 nitrogen and oxygen atoms in total. The van der Waals surface area contributed by atoms with Crippen LogP contribution in [0.3, 0.4) is 0 Å². The first-order valence-electron chi connectivity index (χ1n) is 17.2. The fourth-order valence-electron chi connectivity index (χ4n) is 7.18. The first kappa shape index (κ1) is 37.8. The van der Waals surface area contributed by atoms with Gasteiger partial charge in [0.05, 0.1) is 51.4 Å². The Hall–Kier alpha value is -3.98. The van der Waals surface area contributed by atoms with Crippen molar-refractivity contribution in [2.75, 3.05) is 38.7 Å². The summed E-state index contributed by atoms with van der Waals surface area (Å²) in [7, 11) is 3.31. The molecule has 2 aliphatic heterocycles. The maximum atomic E-state index is 17.5.